The first-order valence-corrected chi connectivity index (χ1v) is 12.8. The fourth-order valence-electron chi connectivity index (χ4n) is 5.75. The molecule has 0 radical (unpaired) electrons. The molecule has 1 aromatic carbocycles. The molecule has 0 N–H and O–H groups in total. The van der Waals surface area contributed by atoms with E-state index in [1.165, 1.54) is 12.8 Å². The van der Waals surface area contributed by atoms with Crippen LogP contribution in [0.2, 0.25) is 0 Å². The highest BCUT2D eigenvalue weighted by atomic mass is 16.2. The summed E-state index contributed by atoms with van der Waals surface area (Å²) in [6.07, 6.45) is 4.71. The zero-order valence-electron chi connectivity index (χ0n) is 20.0. The van der Waals surface area contributed by atoms with Gasteiger partial charge in [-0.3, -0.25) is 14.6 Å². The molecule has 2 amide bonds. The van der Waals surface area contributed by atoms with Crippen LogP contribution >= 0.6 is 0 Å². The maximum Gasteiger partial charge on any atom is 0.254 e. The Morgan fingerprint density at radius 1 is 1.12 bits per heavy atom. The van der Waals surface area contributed by atoms with Gasteiger partial charge >= 0.3 is 0 Å². The van der Waals surface area contributed by atoms with E-state index in [1.807, 2.05) is 29.2 Å². The summed E-state index contributed by atoms with van der Waals surface area (Å²) in [7, 11) is 0. The minimum Gasteiger partial charge on any atom is -0.338 e. The van der Waals surface area contributed by atoms with E-state index in [4.69, 9.17) is 4.98 Å². The van der Waals surface area contributed by atoms with Gasteiger partial charge in [-0.1, -0.05) is 32.0 Å². The highest BCUT2D eigenvalue weighted by Crippen LogP contribution is 2.40. The van der Waals surface area contributed by atoms with Crippen molar-refractivity contribution < 1.29 is 9.59 Å². The molecule has 2 saturated heterocycles. The van der Waals surface area contributed by atoms with Crippen molar-refractivity contribution in [2.24, 2.45) is 5.92 Å². The number of rotatable bonds is 7. The minimum atomic E-state index is 0.126. The molecule has 3 aliphatic rings. The maximum atomic E-state index is 13.7. The topological polar surface area (TPSA) is 56.8 Å². The molecule has 3 fully saturated rings. The van der Waals surface area contributed by atoms with E-state index in [9.17, 15) is 9.59 Å². The summed E-state index contributed by atoms with van der Waals surface area (Å²) in [6.45, 7) is 9.55. The van der Waals surface area contributed by atoms with Crippen LogP contribution in [0.15, 0.2) is 30.3 Å². The second-order valence-corrected chi connectivity index (χ2v) is 9.91. The average Bonchev–Trinajstić information content (AvgIpc) is 3.70. The molecular formula is C27H36N4O2. The summed E-state index contributed by atoms with van der Waals surface area (Å²) in [5.41, 5.74) is 2.79. The van der Waals surface area contributed by atoms with Gasteiger partial charge in [0.05, 0.1) is 11.1 Å². The Hall–Kier alpha value is -2.47. The predicted molar refractivity (Wildman–Crippen MR) is 130 cm³/mol. The molecule has 2 aliphatic heterocycles. The van der Waals surface area contributed by atoms with Crippen molar-refractivity contribution in [2.45, 2.75) is 57.9 Å². The van der Waals surface area contributed by atoms with Crippen molar-refractivity contribution in [2.75, 3.05) is 39.3 Å². The third-order valence-corrected chi connectivity index (χ3v) is 7.94. The van der Waals surface area contributed by atoms with Crippen LogP contribution in [0.5, 0.6) is 0 Å². The van der Waals surface area contributed by atoms with Crippen molar-refractivity contribution in [3.63, 3.8) is 0 Å². The second-order valence-electron chi connectivity index (χ2n) is 9.91. The lowest BCUT2D eigenvalue weighted by molar-refractivity contribution is -0.140. The summed E-state index contributed by atoms with van der Waals surface area (Å²) < 4.78 is 0. The molecule has 1 aliphatic carbocycles. The smallest absolute Gasteiger partial charge is 0.254 e. The normalized spacial score (nSPS) is 23.3. The second kappa shape index (κ2) is 9.41. The number of likely N-dealkylation sites (N-methyl/N-ethyl adjacent to an activating group) is 1. The lowest BCUT2D eigenvalue weighted by Crippen LogP contribution is -2.58. The van der Waals surface area contributed by atoms with Gasteiger partial charge in [0.15, 0.2) is 0 Å². The zero-order chi connectivity index (χ0) is 22.9. The number of carbonyl (C=O) groups is 2. The van der Waals surface area contributed by atoms with Crippen LogP contribution < -0.4 is 0 Å². The van der Waals surface area contributed by atoms with Crippen LogP contribution in [-0.2, 0) is 4.79 Å². The zero-order valence-corrected chi connectivity index (χ0v) is 20.0. The van der Waals surface area contributed by atoms with Crippen LogP contribution in [0.4, 0.5) is 0 Å². The summed E-state index contributed by atoms with van der Waals surface area (Å²) in [6, 6.07) is 10.3. The van der Waals surface area contributed by atoms with Crippen molar-refractivity contribution >= 4 is 22.7 Å². The summed E-state index contributed by atoms with van der Waals surface area (Å²) in [5, 5.41) is 0.952. The van der Waals surface area contributed by atoms with Gasteiger partial charge in [0.2, 0.25) is 5.91 Å². The fraction of sp³-hybridized carbons (Fsp3) is 0.593. The minimum absolute atomic E-state index is 0.126. The van der Waals surface area contributed by atoms with Crippen LogP contribution in [0.3, 0.4) is 0 Å². The molecule has 0 bridgehead atoms. The number of likely N-dealkylation sites (tertiary alicyclic amines) is 2. The van der Waals surface area contributed by atoms with Crippen LogP contribution in [0.25, 0.3) is 10.9 Å². The lowest BCUT2D eigenvalue weighted by Gasteiger charge is -2.47. The molecule has 1 saturated carbocycles. The first kappa shape index (κ1) is 22.3. The molecule has 3 heterocycles. The Morgan fingerprint density at radius 2 is 1.91 bits per heavy atom. The number of nitrogens with zero attached hydrogens (tertiary/aromatic N) is 4. The number of hydrogen-bond donors (Lipinski definition) is 0. The lowest BCUT2D eigenvalue weighted by atomic mass is 9.83. The van der Waals surface area contributed by atoms with Gasteiger partial charge in [-0.15, -0.1) is 0 Å². The number of piperidine rings is 2. The number of pyridine rings is 1. The fourth-order valence-corrected chi connectivity index (χ4v) is 5.75. The molecule has 5 rings (SSSR count). The highest BCUT2D eigenvalue weighted by molar-refractivity contribution is 6.06. The Morgan fingerprint density at radius 3 is 2.67 bits per heavy atom. The molecular weight excluding hydrogens is 412 g/mol. The number of fused-ring (bicyclic) bond motifs is 2. The van der Waals surface area contributed by atoms with Gasteiger partial charge in [0.1, 0.15) is 0 Å². The Kier molecular flexibility index (Phi) is 6.37. The Bertz CT molecular complexity index is 1030. The molecule has 176 valence electrons. The molecule has 0 spiro atoms. The van der Waals surface area contributed by atoms with E-state index < -0.39 is 0 Å². The third-order valence-electron chi connectivity index (χ3n) is 7.94. The first-order valence-electron chi connectivity index (χ1n) is 12.8. The number of carbonyl (C=O) groups excluding carboxylic acids is 2. The molecule has 6 nitrogen and oxygen atoms in total. The largest absolute Gasteiger partial charge is 0.338 e. The summed E-state index contributed by atoms with van der Waals surface area (Å²) in [4.78, 5) is 37.9. The average molecular weight is 449 g/mol. The number of hydrogen-bond acceptors (Lipinski definition) is 4. The molecule has 6 heteroatoms. The molecule has 2 atom stereocenters. The number of aromatic nitrogens is 1. The van der Waals surface area contributed by atoms with E-state index >= 15 is 0 Å². The quantitative estimate of drug-likeness (QED) is 0.645. The van der Waals surface area contributed by atoms with Gasteiger partial charge in [0, 0.05) is 55.6 Å². The van der Waals surface area contributed by atoms with E-state index in [-0.39, 0.29) is 17.9 Å². The molecule has 33 heavy (non-hydrogen) atoms. The maximum absolute atomic E-state index is 13.7. The van der Waals surface area contributed by atoms with Crippen LogP contribution in [0.1, 0.15) is 67.9 Å². The molecule has 1 aromatic heterocycles. The van der Waals surface area contributed by atoms with E-state index in [0.29, 0.717) is 24.8 Å². The predicted octanol–water partition coefficient (Wildman–Crippen LogP) is 3.91. The third kappa shape index (κ3) is 4.50. The Labute approximate surface area is 196 Å². The van der Waals surface area contributed by atoms with Crippen molar-refractivity contribution in [3.8, 4) is 0 Å². The van der Waals surface area contributed by atoms with Crippen molar-refractivity contribution in [1.82, 2.24) is 19.7 Å². The Balaban J connectivity index is 1.33. The monoisotopic (exact) mass is 448 g/mol. The van der Waals surface area contributed by atoms with E-state index in [2.05, 4.69) is 29.7 Å². The van der Waals surface area contributed by atoms with Crippen LogP contribution in [0, 0.1) is 5.92 Å². The van der Waals surface area contributed by atoms with Gasteiger partial charge in [-0.05, 0) is 56.8 Å². The number of benzene rings is 1. The summed E-state index contributed by atoms with van der Waals surface area (Å²) in [5.74, 6) is 1.29. The number of amides is 2. The molecule has 0 unspecified atom stereocenters. The van der Waals surface area contributed by atoms with E-state index in [1.54, 1.807) is 0 Å². The van der Waals surface area contributed by atoms with Gasteiger partial charge in [-0.25, -0.2) is 0 Å². The van der Waals surface area contributed by atoms with Gasteiger partial charge in [0.25, 0.3) is 5.91 Å². The van der Waals surface area contributed by atoms with Gasteiger partial charge in [-0.2, -0.15) is 0 Å². The van der Waals surface area contributed by atoms with Crippen LogP contribution in [-0.4, -0.2) is 76.8 Å². The summed E-state index contributed by atoms with van der Waals surface area (Å²) >= 11 is 0. The van der Waals surface area contributed by atoms with Crippen molar-refractivity contribution in [1.29, 1.82) is 0 Å². The standard InChI is InChI=1S/C27H36N4O2/c1-3-29(4-2)15-16-31-25-13-14-30(18-20(25)11-12-26(31)32)27(33)22-17-24(19-9-10-19)28-23-8-6-5-7-21(22)23/h5-8,17,19-20,25H,3-4,9-16,18H2,1-2H3/t20-,25+/m0/s1. The van der Waals surface area contributed by atoms with E-state index in [0.717, 1.165) is 67.7 Å². The van der Waals surface area contributed by atoms with Crippen molar-refractivity contribution in [3.05, 3.63) is 41.6 Å². The number of para-hydroxylation sites is 1. The highest BCUT2D eigenvalue weighted by Gasteiger charge is 2.40. The SMILES string of the molecule is CCN(CC)CCN1C(=O)CC[C@H]2CN(C(=O)c3cc(C4CC4)nc4ccccc34)CC[C@H]21. The van der Waals surface area contributed by atoms with Gasteiger partial charge < -0.3 is 14.7 Å². The first-order chi connectivity index (χ1) is 16.1. The molecule has 2 aromatic rings.